The SMILES string of the molecule is CCC1(c2ccc(NC(=O)C(=O)NCCc3ccc(O)cc3)cc2)CCC(=O)NC1=O. The molecule has 3 rings (SSSR count). The Morgan fingerprint density at radius 2 is 1.71 bits per heavy atom. The molecule has 8 nitrogen and oxygen atoms in total. The number of amides is 4. The molecule has 1 heterocycles. The van der Waals surface area contributed by atoms with Crippen molar-refractivity contribution in [1.29, 1.82) is 0 Å². The maximum atomic E-state index is 12.5. The topological polar surface area (TPSA) is 125 Å². The van der Waals surface area contributed by atoms with Gasteiger partial charge in [0.15, 0.2) is 0 Å². The lowest BCUT2D eigenvalue weighted by molar-refractivity contribution is -0.138. The van der Waals surface area contributed by atoms with Crippen LogP contribution in [0.15, 0.2) is 48.5 Å². The zero-order valence-corrected chi connectivity index (χ0v) is 17.2. The zero-order valence-electron chi connectivity index (χ0n) is 17.2. The van der Waals surface area contributed by atoms with Crippen LogP contribution in [-0.2, 0) is 31.0 Å². The van der Waals surface area contributed by atoms with Crippen LogP contribution in [0.1, 0.15) is 37.3 Å². The molecular weight excluding hydrogens is 398 g/mol. The fraction of sp³-hybridized carbons (Fsp3) is 0.304. The third-order valence-corrected chi connectivity index (χ3v) is 5.61. The number of aromatic hydroxyl groups is 1. The van der Waals surface area contributed by atoms with E-state index in [0.29, 0.717) is 24.9 Å². The van der Waals surface area contributed by atoms with Crippen molar-refractivity contribution in [3.8, 4) is 5.75 Å². The van der Waals surface area contributed by atoms with Gasteiger partial charge in [0.1, 0.15) is 5.75 Å². The summed E-state index contributed by atoms with van der Waals surface area (Å²) in [5, 5.41) is 16.8. The van der Waals surface area contributed by atoms with E-state index in [-0.39, 0.29) is 30.5 Å². The summed E-state index contributed by atoms with van der Waals surface area (Å²) in [6.45, 7) is 2.18. The third-order valence-electron chi connectivity index (χ3n) is 5.61. The van der Waals surface area contributed by atoms with E-state index in [0.717, 1.165) is 11.1 Å². The molecule has 0 spiro atoms. The highest BCUT2D eigenvalue weighted by Crippen LogP contribution is 2.36. The van der Waals surface area contributed by atoms with Gasteiger partial charge < -0.3 is 15.7 Å². The van der Waals surface area contributed by atoms with Crippen molar-refractivity contribution >= 4 is 29.3 Å². The van der Waals surface area contributed by atoms with Gasteiger partial charge in [-0.3, -0.25) is 24.5 Å². The number of hydrogen-bond acceptors (Lipinski definition) is 5. The van der Waals surface area contributed by atoms with Crippen molar-refractivity contribution in [2.45, 2.75) is 38.0 Å². The Morgan fingerprint density at radius 1 is 1.03 bits per heavy atom. The molecule has 1 atom stereocenters. The number of piperidine rings is 1. The number of rotatable bonds is 6. The number of hydrogen-bond donors (Lipinski definition) is 4. The molecule has 0 saturated carbocycles. The molecule has 2 aromatic rings. The number of anilines is 1. The molecule has 4 N–H and O–H groups in total. The molecule has 4 amide bonds. The standard InChI is InChI=1S/C23H25N3O5/c1-2-23(13-11-19(28)26-22(23)31)16-5-7-17(8-6-16)25-21(30)20(29)24-14-12-15-3-9-18(27)10-4-15/h3-10,27H,2,11-14H2,1H3,(H,24,29)(H,25,30)(H,26,28,31). The average Bonchev–Trinajstić information content (AvgIpc) is 2.76. The normalized spacial score (nSPS) is 18.2. The highest BCUT2D eigenvalue weighted by Gasteiger charge is 2.42. The van der Waals surface area contributed by atoms with Gasteiger partial charge in [-0.15, -0.1) is 0 Å². The Kier molecular flexibility index (Phi) is 6.69. The smallest absolute Gasteiger partial charge is 0.313 e. The van der Waals surface area contributed by atoms with Gasteiger partial charge in [0.05, 0.1) is 5.41 Å². The maximum absolute atomic E-state index is 12.5. The first-order valence-corrected chi connectivity index (χ1v) is 10.2. The molecule has 1 aliphatic rings. The Bertz CT molecular complexity index is 985. The Labute approximate surface area is 180 Å². The molecule has 0 radical (unpaired) electrons. The zero-order chi connectivity index (χ0) is 22.4. The second kappa shape index (κ2) is 9.42. The summed E-state index contributed by atoms with van der Waals surface area (Å²) in [4.78, 5) is 48.1. The van der Waals surface area contributed by atoms with E-state index >= 15 is 0 Å². The number of phenolic OH excluding ortho intramolecular Hbond substituents is 1. The number of phenols is 1. The average molecular weight is 423 g/mol. The first-order valence-electron chi connectivity index (χ1n) is 10.2. The first kappa shape index (κ1) is 22.0. The fourth-order valence-corrected chi connectivity index (χ4v) is 3.69. The van der Waals surface area contributed by atoms with Crippen molar-refractivity contribution in [2.75, 3.05) is 11.9 Å². The maximum Gasteiger partial charge on any atom is 0.313 e. The van der Waals surface area contributed by atoms with Gasteiger partial charge in [-0.2, -0.15) is 0 Å². The van der Waals surface area contributed by atoms with Crippen LogP contribution in [-0.4, -0.2) is 35.3 Å². The summed E-state index contributed by atoms with van der Waals surface area (Å²) in [6, 6.07) is 13.4. The van der Waals surface area contributed by atoms with Gasteiger partial charge in [-0.1, -0.05) is 31.2 Å². The van der Waals surface area contributed by atoms with Crippen molar-refractivity contribution in [3.05, 3.63) is 59.7 Å². The number of nitrogens with one attached hydrogen (secondary N) is 3. The van der Waals surface area contributed by atoms with Crippen LogP contribution in [0.4, 0.5) is 5.69 Å². The predicted molar refractivity (Wildman–Crippen MR) is 114 cm³/mol. The highest BCUT2D eigenvalue weighted by molar-refractivity contribution is 6.39. The summed E-state index contributed by atoms with van der Waals surface area (Å²) in [5.74, 6) is -1.95. The molecule has 1 unspecified atom stereocenters. The predicted octanol–water partition coefficient (Wildman–Crippen LogP) is 1.77. The molecule has 31 heavy (non-hydrogen) atoms. The third kappa shape index (κ3) is 5.09. The molecule has 1 saturated heterocycles. The Hall–Kier alpha value is -3.68. The lowest BCUT2D eigenvalue weighted by Gasteiger charge is -2.35. The number of benzene rings is 2. The summed E-state index contributed by atoms with van der Waals surface area (Å²) < 4.78 is 0. The van der Waals surface area contributed by atoms with Crippen molar-refractivity contribution in [1.82, 2.24) is 10.6 Å². The Morgan fingerprint density at radius 3 is 2.32 bits per heavy atom. The molecule has 1 aliphatic heterocycles. The highest BCUT2D eigenvalue weighted by atomic mass is 16.3. The molecule has 2 aromatic carbocycles. The molecular formula is C23H25N3O5. The van der Waals surface area contributed by atoms with E-state index in [2.05, 4.69) is 16.0 Å². The lowest BCUT2D eigenvalue weighted by Crippen LogP contribution is -2.51. The minimum absolute atomic E-state index is 0.167. The quantitative estimate of drug-likeness (QED) is 0.416. The summed E-state index contributed by atoms with van der Waals surface area (Å²) in [7, 11) is 0. The van der Waals surface area contributed by atoms with Gasteiger partial charge in [0, 0.05) is 18.7 Å². The van der Waals surface area contributed by atoms with E-state index < -0.39 is 17.2 Å². The van der Waals surface area contributed by atoms with Crippen LogP contribution in [0.2, 0.25) is 0 Å². The van der Waals surface area contributed by atoms with E-state index in [4.69, 9.17) is 0 Å². The molecule has 162 valence electrons. The van der Waals surface area contributed by atoms with Crippen molar-refractivity contribution < 1.29 is 24.3 Å². The Balaban J connectivity index is 1.55. The van der Waals surface area contributed by atoms with Gasteiger partial charge >= 0.3 is 11.8 Å². The first-order chi connectivity index (χ1) is 14.8. The van der Waals surface area contributed by atoms with Crippen LogP contribution in [0.25, 0.3) is 0 Å². The van der Waals surface area contributed by atoms with Crippen LogP contribution in [0.3, 0.4) is 0 Å². The van der Waals surface area contributed by atoms with E-state index in [1.807, 2.05) is 6.92 Å². The van der Waals surface area contributed by atoms with Crippen LogP contribution < -0.4 is 16.0 Å². The molecule has 1 fully saturated rings. The monoisotopic (exact) mass is 423 g/mol. The van der Waals surface area contributed by atoms with E-state index in [1.54, 1.807) is 48.5 Å². The van der Waals surface area contributed by atoms with E-state index in [9.17, 15) is 24.3 Å². The van der Waals surface area contributed by atoms with Gasteiger partial charge in [-0.05, 0) is 54.7 Å². The lowest BCUT2D eigenvalue weighted by atomic mass is 9.72. The van der Waals surface area contributed by atoms with Gasteiger partial charge in [-0.25, -0.2) is 0 Å². The summed E-state index contributed by atoms with van der Waals surface area (Å²) >= 11 is 0. The summed E-state index contributed by atoms with van der Waals surface area (Å²) in [5.41, 5.74) is 1.34. The second-order valence-corrected chi connectivity index (χ2v) is 7.52. The van der Waals surface area contributed by atoms with E-state index in [1.165, 1.54) is 0 Å². The van der Waals surface area contributed by atoms with Crippen LogP contribution in [0.5, 0.6) is 5.75 Å². The minimum Gasteiger partial charge on any atom is -0.508 e. The fourth-order valence-electron chi connectivity index (χ4n) is 3.69. The number of carbonyl (C=O) groups is 4. The molecule has 0 aromatic heterocycles. The van der Waals surface area contributed by atoms with Gasteiger partial charge in [0.2, 0.25) is 11.8 Å². The van der Waals surface area contributed by atoms with Crippen LogP contribution in [0, 0.1) is 0 Å². The molecule has 0 bridgehead atoms. The number of carbonyl (C=O) groups excluding carboxylic acids is 4. The summed E-state index contributed by atoms with van der Waals surface area (Å²) in [6.07, 6.45) is 1.78. The van der Waals surface area contributed by atoms with Gasteiger partial charge in [0.25, 0.3) is 0 Å². The largest absolute Gasteiger partial charge is 0.508 e. The van der Waals surface area contributed by atoms with Crippen molar-refractivity contribution in [2.24, 2.45) is 0 Å². The molecule has 0 aliphatic carbocycles. The minimum atomic E-state index is -0.787. The molecule has 8 heteroatoms. The second-order valence-electron chi connectivity index (χ2n) is 7.52. The van der Waals surface area contributed by atoms with Crippen molar-refractivity contribution in [3.63, 3.8) is 0 Å². The van der Waals surface area contributed by atoms with Crippen LogP contribution >= 0.6 is 0 Å². The number of imide groups is 1.